The van der Waals surface area contributed by atoms with E-state index in [1.54, 1.807) is 4.90 Å². The van der Waals surface area contributed by atoms with Crippen LogP contribution in [0.3, 0.4) is 0 Å². The molecule has 1 aromatic rings. The summed E-state index contributed by atoms with van der Waals surface area (Å²) in [7, 11) is 1.83. The minimum atomic E-state index is -0.0533. The van der Waals surface area contributed by atoms with E-state index in [0.29, 0.717) is 11.6 Å². The first-order chi connectivity index (χ1) is 8.08. The van der Waals surface area contributed by atoms with Gasteiger partial charge in [0.15, 0.2) is 0 Å². The summed E-state index contributed by atoms with van der Waals surface area (Å²) < 4.78 is 0.889. The first kappa shape index (κ1) is 12.9. The lowest BCUT2D eigenvalue weighted by Crippen LogP contribution is -2.36. The van der Waals surface area contributed by atoms with E-state index in [-0.39, 0.29) is 11.9 Å². The highest BCUT2D eigenvalue weighted by Gasteiger charge is 2.28. The standard InChI is InChI=1S/C12H14BrClN2O/c1-16-5-4-11(12(16)17)15-7-8-2-3-9(13)10(14)6-8/h2-3,6,11,15H,4-5,7H2,1H3. The smallest absolute Gasteiger partial charge is 0.239 e. The van der Waals surface area contributed by atoms with Gasteiger partial charge in [0.1, 0.15) is 0 Å². The van der Waals surface area contributed by atoms with Gasteiger partial charge in [-0.15, -0.1) is 0 Å². The first-order valence-electron chi connectivity index (χ1n) is 5.50. The van der Waals surface area contributed by atoms with Crippen LogP contribution in [-0.4, -0.2) is 30.4 Å². The number of rotatable bonds is 3. The van der Waals surface area contributed by atoms with Crippen LogP contribution in [0.1, 0.15) is 12.0 Å². The molecule has 1 aromatic carbocycles. The molecule has 1 aliphatic heterocycles. The molecule has 1 unspecified atom stereocenters. The van der Waals surface area contributed by atoms with E-state index >= 15 is 0 Å². The topological polar surface area (TPSA) is 32.3 Å². The Hall–Kier alpha value is -0.580. The fraction of sp³-hybridized carbons (Fsp3) is 0.417. The van der Waals surface area contributed by atoms with Gasteiger partial charge in [-0.3, -0.25) is 4.79 Å². The van der Waals surface area contributed by atoms with E-state index in [4.69, 9.17) is 11.6 Å². The zero-order valence-electron chi connectivity index (χ0n) is 9.54. The second-order valence-electron chi connectivity index (χ2n) is 4.23. The normalized spacial score (nSPS) is 20.1. The Balaban J connectivity index is 1.94. The van der Waals surface area contributed by atoms with Gasteiger partial charge in [-0.25, -0.2) is 0 Å². The maximum Gasteiger partial charge on any atom is 0.239 e. The van der Waals surface area contributed by atoms with E-state index in [0.717, 1.165) is 23.0 Å². The van der Waals surface area contributed by atoms with E-state index in [9.17, 15) is 4.79 Å². The summed E-state index contributed by atoms with van der Waals surface area (Å²) in [6, 6.07) is 5.76. The lowest BCUT2D eigenvalue weighted by atomic mass is 10.2. The summed E-state index contributed by atoms with van der Waals surface area (Å²) >= 11 is 9.36. The van der Waals surface area contributed by atoms with Crippen molar-refractivity contribution in [1.29, 1.82) is 0 Å². The molecule has 3 nitrogen and oxygen atoms in total. The molecule has 0 bridgehead atoms. The number of hydrogen-bond acceptors (Lipinski definition) is 2. The van der Waals surface area contributed by atoms with Crippen molar-refractivity contribution in [2.24, 2.45) is 0 Å². The van der Waals surface area contributed by atoms with Gasteiger partial charge in [-0.05, 0) is 40.0 Å². The average Bonchev–Trinajstić information content (AvgIpc) is 2.62. The van der Waals surface area contributed by atoms with Crippen molar-refractivity contribution < 1.29 is 4.79 Å². The number of nitrogens with zero attached hydrogens (tertiary/aromatic N) is 1. The van der Waals surface area contributed by atoms with Crippen LogP contribution in [0.5, 0.6) is 0 Å². The summed E-state index contributed by atoms with van der Waals surface area (Å²) in [4.78, 5) is 13.4. The van der Waals surface area contributed by atoms with Crippen LogP contribution in [0.25, 0.3) is 0 Å². The van der Waals surface area contributed by atoms with Crippen molar-refractivity contribution >= 4 is 33.4 Å². The fourth-order valence-corrected chi connectivity index (χ4v) is 2.35. The van der Waals surface area contributed by atoms with E-state index in [2.05, 4.69) is 21.2 Å². The number of nitrogens with one attached hydrogen (secondary N) is 1. The van der Waals surface area contributed by atoms with Crippen molar-refractivity contribution in [2.45, 2.75) is 19.0 Å². The van der Waals surface area contributed by atoms with Crippen molar-refractivity contribution in [1.82, 2.24) is 10.2 Å². The number of likely N-dealkylation sites (N-methyl/N-ethyl adjacent to an activating group) is 1. The summed E-state index contributed by atoms with van der Waals surface area (Å²) in [5.41, 5.74) is 1.08. The largest absolute Gasteiger partial charge is 0.344 e. The van der Waals surface area contributed by atoms with Crippen molar-refractivity contribution in [3.8, 4) is 0 Å². The van der Waals surface area contributed by atoms with Crippen molar-refractivity contribution in [3.63, 3.8) is 0 Å². The minimum Gasteiger partial charge on any atom is -0.344 e. The van der Waals surface area contributed by atoms with E-state index in [1.165, 1.54) is 0 Å². The highest BCUT2D eigenvalue weighted by atomic mass is 79.9. The van der Waals surface area contributed by atoms with Crippen LogP contribution >= 0.6 is 27.5 Å². The second-order valence-corrected chi connectivity index (χ2v) is 5.49. The van der Waals surface area contributed by atoms with Crippen LogP contribution in [0.15, 0.2) is 22.7 Å². The van der Waals surface area contributed by atoms with Gasteiger partial charge in [0.2, 0.25) is 5.91 Å². The number of benzene rings is 1. The molecule has 92 valence electrons. The summed E-state index contributed by atoms with van der Waals surface area (Å²) in [6.07, 6.45) is 0.875. The molecule has 1 atom stereocenters. The quantitative estimate of drug-likeness (QED) is 0.928. The predicted octanol–water partition coefficient (Wildman–Crippen LogP) is 2.42. The molecular formula is C12H14BrClN2O. The SMILES string of the molecule is CN1CCC(NCc2ccc(Br)c(Cl)c2)C1=O. The van der Waals surface area contributed by atoms with Crippen LogP contribution in [-0.2, 0) is 11.3 Å². The maximum atomic E-state index is 11.7. The number of carbonyl (C=O) groups is 1. The molecule has 5 heteroatoms. The number of likely N-dealkylation sites (tertiary alicyclic amines) is 1. The Morgan fingerprint density at radius 3 is 2.94 bits per heavy atom. The fourth-order valence-electron chi connectivity index (χ4n) is 1.90. The molecule has 0 aromatic heterocycles. The molecule has 0 radical (unpaired) electrons. The average molecular weight is 318 g/mol. The predicted molar refractivity (Wildman–Crippen MR) is 72.0 cm³/mol. The van der Waals surface area contributed by atoms with Crippen LogP contribution in [0, 0.1) is 0 Å². The Bertz CT molecular complexity index is 439. The highest BCUT2D eigenvalue weighted by Crippen LogP contribution is 2.23. The molecule has 2 rings (SSSR count). The molecule has 1 amide bonds. The van der Waals surface area contributed by atoms with Gasteiger partial charge < -0.3 is 10.2 Å². The first-order valence-corrected chi connectivity index (χ1v) is 6.67. The molecule has 0 aliphatic carbocycles. The summed E-state index contributed by atoms with van der Waals surface area (Å²) in [6.45, 7) is 1.49. The lowest BCUT2D eigenvalue weighted by Gasteiger charge is -2.12. The van der Waals surface area contributed by atoms with Gasteiger partial charge in [0.05, 0.1) is 11.1 Å². The monoisotopic (exact) mass is 316 g/mol. The van der Waals surface area contributed by atoms with Gasteiger partial charge in [0.25, 0.3) is 0 Å². The zero-order valence-corrected chi connectivity index (χ0v) is 11.9. The Labute approximate surface area is 114 Å². The number of halogens is 2. The number of carbonyl (C=O) groups excluding carboxylic acids is 1. The molecule has 1 aliphatic rings. The van der Waals surface area contributed by atoms with Crippen LogP contribution < -0.4 is 5.32 Å². The van der Waals surface area contributed by atoms with E-state index in [1.807, 2.05) is 25.2 Å². The molecule has 17 heavy (non-hydrogen) atoms. The Kier molecular flexibility index (Phi) is 4.07. The Morgan fingerprint density at radius 2 is 2.35 bits per heavy atom. The molecule has 0 spiro atoms. The molecule has 1 saturated heterocycles. The van der Waals surface area contributed by atoms with Gasteiger partial charge in [-0.2, -0.15) is 0 Å². The van der Waals surface area contributed by atoms with Gasteiger partial charge in [0, 0.05) is 24.6 Å². The van der Waals surface area contributed by atoms with Crippen LogP contribution in [0.2, 0.25) is 5.02 Å². The third kappa shape index (κ3) is 3.00. The van der Waals surface area contributed by atoms with Crippen molar-refractivity contribution in [2.75, 3.05) is 13.6 Å². The maximum absolute atomic E-state index is 11.7. The van der Waals surface area contributed by atoms with Crippen molar-refractivity contribution in [3.05, 3.63) is 33.3 Å². The molecule has 0 saturated carbocycles. The summed E-state index contributed by atoms with van der Waals surface area (Å²) in [5.74, 6) is 0.174. The molecule has 1 fully saturated rings. The second kappa shape index (κ2) is 5.38. The Morgan fingerprint density at radius 1 is 1.59 bits per heavy atom. The molecule has 1 heterocycles. The minimum absolute atomic E-state index is 0.0533. The van der Waals surface area contributed by atoms with Crippen LogP contribution in [0.4, 0.5) is 0 Å². The lowest BCUT2D eigenvalue weighted by molar-refractivity contribution is -0.128. The number of hydrogen-bond donors (Lipinski definition) is 1. The summed E-state index contributed by atoms with van der Waals surface area (Å²) in [5, 5.41) is 3.95. The number of amides is 1. The zero-order chi connectivity index (χ0) is 12.4. The van der Waals surface area contributed by atoms with Gasteiger partial charge >= 0.3 is 0 Å². The third-order valence-electron chi connectivity index (χ3n) is 2.96. The molecule has 1 N–H and O–H groups in total. The molecular weight excluding hydrogens is 304 g/mol. The van der Waals surface area contributed by atoms with E-state index < -0.39 is 0 Å². The third-order valence-corrected chi connectivity index (χ3v) is 4.20. The van der Waals surface area contributed by atoms with Gasteiger partial charge in [-0.1, -0.05) is 17.7 Å². The highest BCUT2D eigenvalue weighted by molar-refractivity contribution is 9.10.